The van der Waals surface area contributed by atoms with Gasteiger partial charge in [0.2, 0.25) is 0 Å². The predicted octanol–water partition coefficient (Wildman–Crippen LogP) is 0.918. The smallest absolute Gasteiger partial charge is 0.426 e. The van der Waals surface area contributed by atoms with E-state index in [9.17, 15) is 14.0 Å². The number of methoxy groups -OCH3 is 1. The Balaban J connectivity index is 1.39. The maximum atomic E-state index is 14.2. The van der Waals surface area contributed by atoms with Gasteiger partial charge >= 0.3 is 5.63 Å². The summed E-state index contributed by atoms with van der Waals surface area (Å²) in [4.78, 5) is 27.8. The number of hydrogen-bond acceptors (Lipinski definition) is 5. The van der Waals surface area contributed by atoms with Crippen molar-refractivity contribution in [3.8, 4) is 5.75 Å². The Morgan fingerprint density at radius 2 is 2.21 bits per heavy atom. The van der Waals surface area contributed by atoms with Crippen LogP contribution in [0.1, 0.15) is 24.8 Å². The van der Waals surface area contributed by atoms with Gasteiger partial charge in [0, 0.05) is 37.2 Å². The van der Waals surface area contributed by atoms with Gasteiger partial charge in [-0.1, -0.05) is 4.68 Å². The summed E-state index contributed by atoms with van der Waals surface area (Å²) in [6, 6.07) is 4.83. The molecule has 9 heteroatoms. The van der Waals surface area contributed by atoms with Crippen LogP contribution in [0.3, 0.4) is 0 Å². The van der Waals surface area contributed by atoms with Crippen LogP contribution in [-0.2, 0) is 17.9 Å². The van der Waals surface area contributed by atoms with E-state index >= 15 is 0 Å². The van der Waals surface area contributed by atoms with E-state index in [2.05, 4.69) is 14.7 Å². The number of halogens is 1. The maximum Gasteiger partial charge on any atom is 0.426 e. The molecule has 0 saturated carbocycles. The Bertz CT molecular complexity index is 943. The molecule has 2 aliphatic heterocycles. The van der Waals surface area contributed by atoms with E-state index in [0.717, 1.165) is 32.4 Å². The van der Waals surface area contributed by atoms with Crippen molar-refractivity contribution in [3.05, 3.63) is 46.2 Å². The average molecular weight is 405 g/mol. The number of ether oxygens (including phenoxy) is 1. The molecule has 1 unspecified atom stereocenters. The molecule has 1 atom stereocenters. The fourth-order valence-corrected chi connectivity index (χ4v) is 4.57. The molecule has 0 radical (unpaired) electrons. The first-order chi connectivity index (χ1) is 14.0. The van der Waals surface area contributed by atoms with Crippen molar-refractivity contribution < 1.29 is 23.1 Å². The van der Waals surface area contributed by atoms with Crippen LogP contribution < -0.4 is 15.0 Å². The highest BCUT2D eigenvalue weighted by Gasteiger charge is 2.43. The van der Waals surface area contributed by atoms with Gasteiger partial charge < -0.3 is 9.64 Å². The van der Waals surface area contributed by atoms with Crippen LogP contribution in [-0.4, -0.2) is 54.3 Å². The van der Waals surface area contributed by atoms with Gasteiger partial charge in [-0.25, -0.2) is 9.18 Å². The van der Waals surface area contributed by atoms with E-state index in [-0.39, 0.29) is 23.7 Å². The number of likely N-dealkylation sites (tertiary alicyclic amines) is 2. The normalized spacial score (nSPS) is 22.3. The predicted molar refractivity (Wildman–Crippen MR) is 101 cm³/mol. The van der Waals surface area contributed by atoms with Crippen LogP contribution in [0, 0.1) is 11.2 Å². The third-order valence-corrected chi connectivity index (χ3v) is 6.01. The fraction of sp³-hybridized carbons (Fsp3) is 0.550. The first-order valence-electron chi connectivity index (χ1n) is 9.87. The summed E-state index contributed by atoms with van der Waals surface area (Å²) >= 11 is 0. The Kier molecular flexibility index (Phi) is 5.40. The van der Waals surface area contributed by atoms with Crippen LogP contribution in [0.5, 0.6) is 5.75 Å². The summed E-state index contributed by atoms with van der Waals surface area (Å²) in [6.07, 6.45) is 4.25. The molecule has 156 valence electrons. The zero-order valence-corrected chi connectivity index (χ0v) is 16.5. The molecule has 2 saturated heterocycles. The minimum atomic E-state index is -0.511. The Hall–Kier alpha value is -2.68. The third kappa shape index (κ3) is 4.34. The van der Waals surface area contributed by atoms with Crippen molar-refractivity contribution >= 4 is 5.91 Å². The number of nitrogens with zero attached hydrogens (tertiary/aromatic N) is 3. The van der Waals surface area contributed by atoms with Gasteiger partial charge in [0.25, 0.3) is 18.6 Å². The molecular weight excluding hydrogens is 379 g/mol. The van der Waals surface area contributed by atoms with Gasteiger partial charge in [-0.15, -0.1) is 0 Å². The third-order valence-electron chi connectivity index (χ3n) is 6.01. The first kappa shape index (κ1) is 19.6. The molecule has 2 aliphatic rings. The molecule has 8 nitrogen and oxygen atoms in total. The van der Waals surface area contributed by atoms with E-state index in [1.165, 1.54) is 16.9 Å². The standard InChI is InChI=1S/C20H25FN4O4/c1-28-16-3-4-17(21)15(9-16)10-23-7-2-5-20(13-23)6-8-24(14-20)18(26)11-25-12-19(27)29-22-25/h3-4,9,12H,2,5-8,10-11,13-14H2,1H3/p+1. The molecule has 0 bridgehead atoms. The van der Waals surface area contributed by atoms with Gasteiger partial charge in [0.1, 0.15) is 11.6 Å². The number of rotatable bonds is 5. The molecule has 1 aromatic heterocycles. The molecule has 2 fully saturated rings. The lowest BCUT2D eigenvalue weighted by atomic mass is 9.79. The summed E-state index contributed by atoms with van der Waals surface area (Å²) < 4.78 is 25.4. The molecule has 3 heterocycles. The number of hydrogen-bond donors (Lipinski definition) is 1. The summed E-state index contributed by atoms with van der Waals surface area (Å²) in [5, 5.41) is 2.41. The Morgan fingerprint density at radius 1 is 1.34 bits per heavy atom. The van der Waals surface area contributed by atoms with Crippen LogP contribution in [0.25, 0.3) is 0 Å². The SMILES string of the molecule is COc1ccc(F)c(CN2CCCC3(CCN(C(=O)C[n+]4cc(=O)o[nH]4)C3)C2)c1. The van der Waals surface area contributed by atoms with Crippen LogP contribution in [0.15, 0.2) is 33.7 Å². The van der Waals surface area contributed by atoms with Gasteiger partial charge in [-0.3, -0.25) is 14.2 Å². The highest BCUT2D eigenvalue weighted by atomic mass is 19.1. The zero-order chi connectivity index (χ0) is 20.4. The van der Waals surface area contributed by atoms with Crippen LogP contribution >= 0.6 is 0 Å². The molecule has 1 N–H and O–H groups in total. The summed E-state index contributed by atoms with van der Waals surface area (Å²) in [7, 11) is 1.58. The van der Waals surface area contributed by atoms with Crippen molar-refractivity contribution in [3.63, 3.8) is 0 Å². The molecule has 1 amide bonds. The number of piperidine rings is 1. The second-order valence-electron chi connectivity index (χ2n) is 8.11. The van der Waals surface area contributed by atoms with Crippen molar-refractivity contribution in [1.82, 2.24) is 15.1 Å². The van der Waals surface area contributed by atoms with Gasteiger partial charge in [-0.2, -0.15) is 0 Å². The number of benzene rings is 1. The van der Waals surface area contributed by atoms with Gasteiger partial charge in [0.15, 0.2) is 0 Å². The lowest BCUT2D eigenvalue weighted by molar-refractivity contribution is -0.751. The lowest BCUT2D eigenvalue weighted by Crippen LogP contribution is -2.48. The van der Waals surface area contributed by atoms with Crippen LogP contribution in [0.4, 0.5) is 4.39 Å². The van der Waals surface area contributed by atoms with E-state index in [0.29, 0.717) is 30.9 Å². The number of carbonyl (C=O) groups excluding carboxylic acids is 1. The number of carbonyl (C=O) groups is 1. The number of nitrogens with one attached hydrogen (secondary N) is 1. The van der Waals surface area contributed by atoms with Crippen molar-refractivity contribution in [2.45, 2.75) is 32.4 Å². The van der Waals surface area contributed by atoms with E-state index in [4.69, 9.17) is 4.74 Å². The molecular formula is C20H26FN4O4+. The summed E-state index contributed by atoms with van der Waals surface area (Å²) in [5.41, 5.74) is 0.161. The van der Waals surface area contributed by atoms with Crippen molar-refractivity contribution in [1.29, 1.82) is 0 Å². The van der Waals surface area contributed by atoms with E-state index in [1.807, 2.05) is 4.90 Å². The largest absolute Gasteiger partial charge is 0.497 e. The number of aromatic amines is 1. The quantitative estimate of drug-likeness (QED) is 0.748. The second kappa shape index (κ2) is 7.98. The highest BCUT2D eigenvalue weighted by molar-refractivity contribution is 5.75. The lowest BCUT2D eigenvalue weighted by Gasteiger charge is -2.40. The van der Waals surface area contributed by atoms with Gasteiger partial charge in [-0.05, 0) is 49.3 Å². The van der Waals surface area contributed by atoms with Gasteiger partial charge in [0.05, 0.1) is 7.11 Å². The van der Waals surface area contributed by atoms with Crippen molar-refractivity contribution in [2.24, 2.45) is 5.41 Å². The monoisotopic (exact) mass is 405 g/mol. The number of aromatic nitrogens is 2. The van der Waals surface area contributed by atoms with Crippen molar-refractivity contribution in [2.75, 3.05) is 33.3 Å². The number of amides is 1. The minimum Gasteiger partial charge on any atom is -0.497 e. The second-order valence-corrected chi connectivity index (χ2v) is 8.11. The Morgan fingerprint density at radius 3 is 2.97 bits per heavy atom. The molecule has 29 heavy (non-hydrogen) atoms. The summed E-state index contributed by atoms with van der Waals surface area (Å²) in [6.45, 7) is 3.72. The van der Waals surface area contributed by atoms with Crippen LogP contribution in [0.2, 0.25) is 0 Å². The topological polar surface area (TPSA) is 82.7 Å². The minimum absolute atomic E-state index is 0.0394. The Labute approximate surface area is 167 Å². The molecule has 1 aromatic carbocycles. The average Bonchev–Trinajstić information content (AvgIpc) is 3.30. The molecule has 2 aromatic rings. The molecule has 0 aliphatic carbocycles. The highest BCUT2D eigenvalue weighted by Crippen LogP contribution is 2.39. The summed E-state index contributed by atoms with van der Waals surface area (Å²) in [5.74, 6) is 0.389. The van der Waals surface area contributed by atoms with E-state index in [1.54, 1.807) is 19.2 Å². The molecule has 4 rings (SSSR count). The van der Waals surface area contributed by atoms with E-state index < -0.39 is 5.63 Å². The molecule has 1 spiro atoms. The fourth-order valence-electron chi connectivity index (χ4n) is 4.57. The maximum absolute atomic E-state index is 14.2. The first-order valence-corrected chi connectivity index (χ1v) is 9.87. The zero-order valence-electron chi connectivity index (χ0n) is 16.5. The number of H-pyrrole nitrogens is 1.